The standard InChI is InChI=1S/C32H33ClN4O5/c1-32(2,3)42-31(39)37(26-12-15-34-16-13-26)17-18-40-27-20-24(19-25(33)21-27)30(38)36-22-28(23-9-5-4-6-10-23)41-29-11-7-8-14-35-29/h4-16,19-21,28H,17-18,22H2,1-3H3,(H,36,38). The number of benzene rings is 2. The molecule has 4 aromatic rings. The number of amides is 2. The molecule has 0 aliphatic heterocycles. The molecule has 2 amide bonds. The molecule has 0 fully saturated rings. The lowest BCUT2D eigenvalue weighted by atomic mass is 10.1. The molecule has 0 saturated heterocycles. The van der Waals surface area contributed by atoms with Crippen molar-refractivity contribution < 1.29 is 23.8 Å². The minimum absolute atomic E-state index is 0.122. The van der Waals surface area contributed by atoms with E-state index in [0.29, 0.717) is 27.9 Å². The number of halogens is 1. The number of hydrogen-bond acceptors (Lipinski definition) is 7. The van der Waals surface area contributed by atoms with E-state index in [9.17, 15) is 9.59 Å². The van der Waals surface area contributed by atoms with Crippen LogP contribution in [0.2, 0.25) is 5.02 Å². The molecule has 1 atom stereocenters. The van der Waals surface area contributed by atoms with Gasteiger partial charge in [0.25, 0.3) is 5.91 Å². The number of nitrogens with zero attached hydrogens (tertiary/aromatic N) is 3. The number of carbonyl (C=O) groups excluding carboxylic acids is 2. The van der Waals surface area contributed by atoms with E-state index in [2.05, 4.69) is 15.3 Å². The third-order valence-electron chi connectivity index (χ3n) is 5.83. The van der Waals surface area contributed by atoms with E-state index in [1.165, 1.54) is 4.90 Å². The normalized spacial score (nSPS) is 11.7. The Balaban J connectivity index is 1.41. The summed E-state index contributed by atoms with van der Waals surface area (Å²) in [4.78, 5) is 35.8. The lowest BCUT2D eigenvalue weighted by Crippen LogP contribution is -2.39. The molecule has 2 aromatic heterocycles. The van der Waals surface area contributed by atoms with Gasteiger partial charge in [0.2, 0.25) is 5.88 Å². The van der Waals surface area contributed by atoms with Crippen LogP contribution in [0.5, 0.6) is 11.6 Å². The van der Waals surface area contributed by atoms with Crippen LogP contribution in [-0.2, 0) is 4.74 Å². The van der Waals surface area contributed by atoms with E-state index in [-0.39, 0.29) is 25.6 Å². The van der Waals surface area contributed by atoms with Gasteiger partial charge >= 0.3 is 6.09 Å². The molecule has 42 heavy (non-hydrogen) atoms. The van der Waals surface area contributed by atoms with Gasteiger partial charge in [-0.1, -0.05) is 48.0 Å². The maximum Gasteiger partial charge on any atom is 0.414 e. The van der Waals surface area contributed by atoms with Crippen LogP contribution in [0.15, 0.2) is 97.5 Å². The molecule has 0 bridgehead atoms. The first-order valence-electron chi connectivity index (χ1n) is 13.4. The molecular weight excluding hydrogens is 556 g/mol. The van der Waals surface area contributed by atoms with Gasteiger partial charge in [0.1, 0.15) is 24.1 Å². The van der Waals surface area contributed by atoms with Crippen molar-refractivity contribution >= 4 is 29.3 Å². The lowest BCUT2D eigenvalue weighted by Gasteiger charge is -2.27. The van der Waals surface area contributed by atoms with Crippen molar-refractivity contribution in [2.24, 2.45) is 0 Å². The van der Waals surface area contributed by atoms with Crippen molar-refractivity contribution in [2.45, 2.75) is 32.5 Å². The molecule has 1 N–H and O–H groups in total. The van der Waals surface area contributed by atoms with E-state index in [1.807, 2.05) is 36.4 Å². The Labute approximate surface area is 250 Å². The molecule has 218 valence electrons. The van der Waals surface area contributed by atoms with Gasteiger partial charge in [-0.05, 0) is 62.7 Å². The molecule has 2 heterocycles. The second-order valence-corrected chi connectivity index (χ2v) is 10.7. The van der Waals surface area contributed by atoms with Crippen molar-refractivity contribution in [1.82, 2.24) is 15.3 Å². The summed E-state index contributed by atoms with van der Waals surface area (Å²) in [6.07, 6.45) is 3.86. The number of carbonyl (C=O) groups is 2. The van der Waals surface area contributed by atoms with E-state index in [1.54, 1.807) is 81.8 Å². The van der Waals surface area contributed by atoms with Gasteiger partial charge in [0.05, 0.1) is 18.8 Å². The van der Waals surface area contributed by atoms with Gasteiger partial charge in [0, 0.05) is 35.2 Å². The van der Waals surface area contributed by atoms with E-state index in [4.69, 9.17) is 25.8 Å². The molecule has 0 aliphatic rings. The van der Waals surface area contributed by atoms with Crippen molar-refractivity contribution in [3.63, 3.8) is 0 Å². The molecule has 9 nitrogen and oxygen atoms in total. The quantitative estimate of drug-likeness (QED) is 0.213. The van der Waals surface area contributed by atoms with Crippen molar-refractivity contribution in [2.75, 3.05) is 24.6 Å². The minimum Gasteiger partial charge on any atom is -0.492 e. The largest absolute Gasteiger partial charge is 0.492 e. The van der Waals surface area contributed by atoms with Gasteiger partial charge in [-0.2, -0.15) is 0 Å². The molecular formula is C32H33ClN4O5. The van der Waals surface area contributed by atoms with Gasteiger partial charge in [-0.25, -0.2) is 9.78 Å². The van der Waals surface area contributed by atoms with Crippen LogP contribution < -0.4 is 19.7 Å². The van der Waals surface area contributed by atoms with Gasteiger partial charge in [0.15, 0.2) is 0 Å². The predicted octanol–water partition coefficient (Wildman–Crippen LogP) is 6.50. The van der Waals surface area contributed by atoms with Crippen LogP contribution in [0.4, 0.5) is 10.5 Å². The Bertz CT molecular complexity index is 1450. The van der Waals surface area contributed by atoms with E-state index >= 15 is 0 Å². The SMILES string of the molecule is CC(C)(C)OC(=O)N(CCOc1cc(Cl)cc(C(=O)NCC(Oc2ccccn2)c2ccccc2)c1)c1ccncc1. The molecule has 4 rings (SSSR count). The van der Waals surface area contributed by atoms with Gasteiger partial charge in [-0.15, -0.1) is 0 Å². The van der Waals surface area contributed by atoms with Crippen molar-refractivity contribution in [1.29, 1.82) is 0 Å². The fourth-order valence-electron chi connectivity index (χ4n) is 3.94. The molecule has 0 aliphatic carbocycles. The zero-order valence-electron chi connectivity index (χ0n) is 23.7. The summed E-state index contributed by atoms with van der Waals surface area (Å²) in [6, 6.07) is 23.2. The monoisotopic (exact) mass is 588 g/mol. The van der Waals surface area contributed by atoms with Crippen LogP contribution in [0.1, 0.15) is 42.8 Å². The third kappa shape index (κ3) is 9.21. The number of hydrogen-bond donors (Lipinski definition) is 1. The highest BCUT2D eigenvalue weighted by atomic mass is 35.5. The first-order valence-corrected chi connectivity index (χ1v) is 13.8. The minimum atomic E-state index is -0.666. The summed E-state index contributed by atoms with van der Waals surface area (Å²) in [6.45, 7) is 5.92. The molecule has 1 unspecified atom stereocenters. The van der Waals surface area contributed by atoms with Crippen LogP contribution in [0, 0.1) is 0 Å². The Morgan fingerprint density at radius 1 is 0.952 bits per heavy atom. The molecule has 0 saturated carbocycles. The average Bonchev–Trinajstić information content (AvgIpc) is 2.97. The number of pyridine rings is 2. The number of aromatic nitrogens is 2. The predicted molar refractivity (Wildman–Crippen MR) is 161 cm³/mol. The highest BCUT2D eigenvalue weighted by Gasteiger charge is 2.24. The van der Waals surface area contributed by atoms with Crippen LogP contribution in [0.25, 0.3) is 0 Å². The number of rotatable bonds is 11. The molecule has 0 radical (unpaired) electrons. The molecule has 10 heteroatoms. The second-order valence-electron chi connectivity index (χ2n) is 10.3. The maximum absolute atomic E-state index is 13.2. The molecule has 0 spiro atoms. The van der Waals surface area contributed by atoms with Gasteiger partial charge < -0.3 is 19.5 Å². The Kier molecular flexibility index (Phi) is 10.3. The highest BCUT2D eigenvalue weighted by Crippen LogP contribution is 2.24. The average molecular weight is 589 g/mol. The first-order chi connectivity index (χ1) is 20.2. The Morgan fingerprint density at radius 3 is 2.38 bits per heavy atom. The topological polar surface area (TPSA) is 103 Å². The number of ether oxygens (including phenoxy) is 3. The van der Waals surface area contributed by atoms with Crippen LogP contribution >= 0.6 is 11.6 Å². The van der Waals surface area contributed by atoms with Crippen LogP contribution in [0.3, 0.4) is 0 Å². The Hall–Kier alpha value is -4.63. The van der Waals surface area contributed by atoms with Crippen LogP contribution in [-0.4, -0.2) is 47.3 Å². The first kappa shape index (κ1) is 30.3. The maximum atomic E-state index is 13.2. The smallest absolute Gasteiger partial charge is 0.414 e. The summed E-state index contributed by atoms with van der Waals surface area (Å²) in [5.41, 5.74) is 1.16. The number of nitrogens with one attached hydrogen (secondary N) is 1. The van der Waals surface area contributed by atoms with E-state index < -0.39 is 17.8 Å². The lowest BCUT2D eigenvalue weighted by molar-refractivity contribution is 0.0575. The molecule has 2 aromatic carbocycles. The second kappa shape index (κ2) is 14.3. The van der Waals surface area contributed by atoms with Crippen molar-refractivity contribution in [3.05, 3.63) is 114 Å². The summed E-state index contributed by atoms with van der Waals surface area (Å²) < 4.78 is 17.6. The number of anilines is 1. The summed E-state index contributed by atoms with van der Waals surface area (Å²) in [7, 11) is 0. The summed E-state index contributed by atoms with van der Waals surface area (Å²) in [5.74, 6) is 0.488. The fourth-order valence-corrected chi connectivity index (χ4v) is 4.17. The highest BCUT2D eigenvalue weighted by molar-refractivity contribution is 6.31. The van der Waals surface area contributed by atoms with E-state index in [0.717, 1.165) is 5.56 Å². The Morgan fingerprint density at radius 2 is 1.69 bits per heavy atom. The fraction of sp³-hybridized carbons (Fsp3) is 0.250. The third-order valence-corrected chi connectivity index (χ3v) is 6.04. The van der Waals surface area contributed by atoms with Gasteiger partial charge in [-0.3, -0.25) is 14.7 Å². The summed E-state index contributed by atoms with van der Waals surface area (Å²) >= 11 is 6.34. The zero-order chi connectivity index (χ0) is 30.0. The van der Waals surface area contributed by atoms with Crippen molar-refractivity contribution in [3.8, 4) is 11.6 Å². The summed E-state index contributed by atoms with van der Waals surface area (Å²) in [5, 5.41) is 3.26. The zero-order valence-corrected chi connectivity index (χ0v) is 24.5.